The van der Waals surface area contributed by atoms with Crippen LogP contribution < -0.4 is 0 Å². The van der Waals surface area contributed by atoms with Crippen molar-refractivity contribution < 1.29 is 9.47 Å². The summed E-state index contributed by atoms with van der Waals surface area (Å²) in [6.07, 6.45) is 2.78. The van der Waals surface area contributed by atoms with Crippen LogP contribution in [0.25, 0.3) is 0 Å². The molecule has 0 radical (unpaired) electrons. The van der Waals surface area contributed by atoms with E-state index in [0.29, 0.717) is 18.1 Å². The fourth-order valence-electron chi connectivity index (χ4n) is 0.739. The van der Waals surface area contributed by atoms with Gasteiger partial charge in [-0.15, -0.1) is 0 Å². The predicted molar refractivity (Wildman–Crippen MR) is 66.6 cm³/mol. The highest BCUT2D eigenvalue weighted by Gasteiger charge is 2.02. The highest BCUT2D eigenvalue weighted by Crippen LogP contribution is 2.12. The maximum atomic E-state index is 5.43. The molecule has 0 rings (SSSR count). The zero-order chi connectivity index (χ0) is 12.3. The van der Waals surface area contributed by atoms with Crippen LogP contribution >= 0.6 is 0 Å². The summed E-state index contributed by atoms with van der Waals surface area (Å²) in [5.41, 5.74) is 0.921. The van der Waals surface area contributed by atoms with E-state index in [4.69, 9.17) is 9.47 Å². The Morgan fingerprint density at radius 3 is 2.13 bits per heavy atom. The van der Waals surface area contributed by atoms with Crippen molar-refractivity contribution in [2.24, 2.45) is 0 Å². The molecule has 0 aromatic rings. The molecule has 0 N–H and O–H groups in total. The van der Waals surface area contributed by atoms with Gasteiger partial charge in [0.1, 0.15) is 0 Å². The minimum Gasteiger partial charge on any atom is -0.493 e. The summed E-state index contributed by atoms with van der Waals surface area (Å²) >= 11 is 0. The van der Waals surface area contributed by atoms with Crippen LogP contribution in [0.2, 0.25) is 0 Å². The van der Waals surface area contributed by atoms with Crippen molar-refractivity contribution in [1.82, 2.24) is 0 Å². The second kappa shape index (κ2) is 10.9. The van der Waals surface area contributed by atoms with E-state index >= 15 is 0 Å². The summed E-state index contributed by atoms with van der Waals surface area (Å²) in [5, 5.41) is 0. The SMILES string of the molecule is C=C(C)/C=C(/OCCC)C(=C)OC.CC. The molecule has 0 spiro atoms. The van der Waals surface area contributed by atoms with E-state index in [1.54, 1.807) is 7.11 Å². The van der Waals surface area contributed by atoms with Crippen LogP contribution in [0, 0.1) is 0 Å². The summed E-state index contributed by atoms with van der Waals surface area (Å²) in [7, 11) is 1.57. The molecule has 0 aliphatic carbocycles. The van der Waals surface area contributed by atoms with Crippen LogP contribution in [0.1, 0.15) is 34.1 Å². The summed E-state index contributed by atoms with van der Waals surface area (Å²) in [6, 6.07) is 0. The molecule has 88 valence electrons. The Bertz CT molecular complexity index is 215. The van der Waals surface area contributed by atoms with Gasteiger partial charge in [0.2, 0.25) is 0 Å². The van der Waals surface area contributed by atoms with Gasteiger partial charge in [0.05, 0.1) is 13.7 Å². The number of allylic oxidation sites excluding steroid dienone is 2. The van der Waals surface area contributed by atoms with E-state index in [0.717, 1.165) is 12.0 Å². The summed E-state index contributed by atoms with van der Waals surface area (Å²) in [4.78, 5) is 0. The molecule has 15 heavy (non-hydrogen) atoms. The van der Waals surface area contributed by atoms with Gasteiger partial charge < -0.3 is 9.47 Å². The van der Waals surface area contributed by atoms with Crippen LogP contribution in [0.3, 0.4) is 0 Å². The van der Waals surface area contributed by atoms with Crippen molar-refractivity contribution in [2.75, 3.05) is 13.7 Å². The molecule has 0 aliphatic rings. The van der Waals surface area contributed by atoms with E-state index in [2.05, 4.69) is 13.2 Å². The fraction of sp³-hybridized carbons (Fsp3) is 0.538. The van der Waals surface area contributed by atoms with Crippen LogP contribution in [0.4, 0.5) is 0 Å². The molecule has 0 aromatic heterocycles. The maximum absolute atomic E-state index is 5.43. The van der Waals surface area contributed by atoms with Crippen LogP contribution in [-0.2, 0) is 9.47 Å². The maximum Gasteiger partial charge on any atom is 0.160 e. The quantitative estimate of drug-likeness (QED) is 0.488. The van der Waals surface area contributed by atoms with Crippen LogP contribution in [0.15, 0.2) is 36.3 Å². The lowest BCUT2D eigenvalue weighted by molar-refractivity contribution is 0.177. The predicted octanol–water partition coefficient (Wildman–Crippen LogP) is 4.06. The highest BCUT2D eigenvalue weighted by molar-refractivity contribution is 5.25. The van der Waals surface area contributed by atoms with Gasteiger partial charge in [0.15, 0.2) is 11.5 Å². The van der Waals surface area contributed by atoms with E-state index in [1.807, 2.05) is 33.8 Å². The number of methoxy groups -OCH3 is 1. The average Bonchev–Trinajstić information content (AvgIpc) is 2.25. The van der Waals surface area contributed by atoms with Gasteiger partial charge in [-0.25, -0.2) is 0 Å². The molecule has 0 fully saturated rings. The summed E-state index contributed by atoms with van der Waals surface area (Å²) in [6.45, 7) is 16.1. The zero-order valence-electron chi connectivity index (χ0n) is 10.7. The molecule has 0 bridgehead atoms. The van der Waals surface area contributed by atoms with Crippen molar-refractivity contribution in [3.05, 3.63) is 36.3 Å². The Morgan fingerprint density at radius 2 is 1.80 bits per heavy atom. The Labute approximate surface area is 94.3 Å². The Hall–Kier alpha value is -1.18. The number of ether oxygens (including phenoxy) is 2. The lowest BCUT2D eigenvalue weighted by Gasteiger charge is -2.11. The molecule has 0 atom stereocenters. The Balaban J connectivity index is 0. The van der Waals surface area contributed by atoms with Gasteiger partial charge in [-0.3, -0.25) is 0 Å². The topological polar surface area (TPSA) is 18.5 Å². The third kappa shape index (κ3) is 9.13. The van der Waals surface area contributed by atoms with Crippen LogP contribution in [-0.4, -0.2) is 13.7 Å². The molecule has 0 aliphatic heterocycles. The van der Waals surface area contributed by atoms with E-state index < -0.39 is 0 Å². The highest BCUT2D eigenvalue weighted by atomic mass is 16.5. The van der Waals surface area contributed by atoms with E-state index in [1.165, 1.54) is 0 Å². The van der Waals surface area contributed by atoms with Crippen molar-refractivity contribution in [3.63, 3.8) is 0 Å². The summed E-state index contributed by atoms with van der Waals surface area (Å²) in [5.74, 6) is 1.20. The lowest BCUT2D eigenvalue weighted by Crippen LogP contribution is -1.98. The van der Waals surface area contributed by atoms with Crippen molar-refractivity contribution in [2.45, 2.75) is 34.1 Å². The second-order valence-corrected chi connectivity index (χ2v) is 2.83. The van der Waals surface area contributed by atoms with Gasteiger partial charge in [-0.2, -0.15) is 0 Å². The first-order chi connectivity index (χ1) is 7.11. The number of hydrogen-bond acceptors (Lipinski definition) is 2. The minimum atomic E-state index is 0.538. The molecule has 2 heteroatoms. The monoisotopic (exact) mass is 212 g/mol. The summed E-state index contributed by atoms with van der Waals surface area (Å²) < 4.78 is 10.4. The zero-order valence-corrected chi connectivity index (χ0v) is 10.7. The third-order valence-electron chi connectivity index (χ3n) is 1.36. The molecule has 0 saturated heterocycles. The fourth-order valence-corrected chi connectivity index (χ4v) is 0.739. The first-order valence-electron chi connectivity index (χ1n) is 5.35. The van der Waals surface area contributed by atoms with Crippen molar-refractivity contribution >= 4 is 0 Å². The molecular formula is C13H24O2. The largest absolute Gasteiger partial charge is 0.493 e. The van der Waals surface area contributed by atoms with Gasteiger partial charge >= 0.3 is 0 Å². The third-order valence-corrected chi connectivity index (χ3v) is 1.36. The standard InChI is InChI=1S/C11H18O2.C2H6/c1-6-7-13-11(8-9(2)3)10(4)12-5;1-2/h8H,2,4,6-7H2,1,3,5H3;1-2H3/b11-8+;. The van der Waals surface area contributed by atoms with Gasteiger partial charge in [0.25, 0.3) is 0 Å². The number of rotatable bonds is 6. The molecule has 0 heterocycles. The molecule has 0 unspecified atom stereocenters. The molecule has 2 nitrogen and oxygen atoms in total. The molecule has 0 saturated carbocycles. The Kier molecular flexibility index (Phi) is 11.8. The van der Waals surface area contributed by atoms with E-state index in [-0.39, 0.29) is 0 Å². The lowest BCUT2D eigenvalue weighted by atomic mass is 10.3. The van der Waals surface area contributed by atoms with Gasteiger partial charge in [-0.05, 0) is 19.4 Å². The van der Waals surface area contributed by atoms with Crippen molar-refractivity contribution in [3.8, 4) is 0 Å². The van der Waals surface area contributed by atoms with Crippen molar-refractivity contribution in [1.29, 1.82) is 0 Å². The van der Waals surface area contributed by atoms with Gasteiger partial charge in [-0.1, -0.05) is 39.5 Å². The van der Waals surface area contributed by atoms with Crippen LogP contribution in [0.5, 0.6) is 0 Å². The molecule has 0 aromatic carbocycles. The first-order valence-corrected chi connectivity index (χ1v) is 5.35. The first kappa shape index (κ1) is 16.3. The number of hydrogen-bond donors (Lipinski definition) is 0. The minimum absolute atomic E-state index is 0.538. The Morgan fingerprint density at radius 1 is 1.27 bits per heavy atom. The van der Waals surface area contributed by atoms with E-state index in [9.17, 15) is 0 Å². The molecular weight excluding hydrogens is 188 g/mol. The van der Waals surface area contributed by atoms with Gasteiger partial charge in [0, 0.05) is 0 Å². The normalized spacial score (nSPS) is 9.80. The average molecular weight is 212 g/mol. The smallest absolute Gasteiger partial charge is 0.160 e. The second-order valence-electron chi connectivity index (χ2n) is 2.83. The molecule has 0 amide bonds.